The van der Waals surface area contributed by atoms with Crippen molar-refractivity contribution in [1.82, 2.24) is 19.8 Å². The number of hydrogen-bond donors (Lipinski definition) is 1. The number of rotatable bonds is 3. The molecule has 4 rings (SSSR count). The number of nitrogens with one attached hydrogen (secondary N) is 1. The largest absolute Gasteiger partial charge is 0.335 e. The maximum atomic E-state index is 12.4. The summed E-state index contributed by atoms with van der Waals surface area (Å²) in [5.41, 5.74) is 3.20. The van der Waals surface area contributed by atoms with Gasteiger partial charge in [-0.25, -0.2) is 4.79 Å². The van der Waals surface area contributed by atoms with E-state index in [0.717, 1.165) is 36.1 Å². The molecule has 0 unspecified atom stereocenters. The summed E-state index contributed by atoms with van der Waals surface area (Å²) in [4.78, 5) is 30.8. The van der Waals surface area contributed by atoms with Crippen LogP contribution in [0.15, 0.2) is 41.5 Å². The van der Waals surface area contributed by atoms with Gasteiger partial charge in [0.05, 0.1) is 6.54 Å². The van der Waals surface area contributed by atoms with Gasteiger partial charge >= 0.3 is 6.03 Å². The van der Waals surface area contributed by atoms with Crippen LogP contribution in [-0.4, -0.2) is 39.6 Å². The van der Waals surface area contributed by atoms with Gasteiger partial charge in [-0.1, -0.05) is 12.1 Å². The van der Waals surface area contributed by atoms with Gasteiger partial charge in [0.2, 0.25) is 0 Å². The molecule has 0 spiro atoms. The second-order valence-electron chi connectivity index (χ2n) is 6.80. The van der Waals surface area contributed by atoms with Crippen LogP contribution in [0.2, 0.25) is 0 Å². The van der Waals surface area contributed by atoms with Gasteiger partial charge in [-0.2, -0.15) is 0 Å². The summed E-state index contributed by atoms with van der Waals surface area (Å²) in [6.45, 7) is 1.85. The Morgan fingerprint density at radius 3 is 2.80 bits per heavy atom. The molecular formula is C19H22N4O2. The maximum absolute atomic E-state index is 12.4. The Hall–Kier alpha value is -2.63. The monoisotopic (exact) mass is 338 g/mol. The van der Waals surface area contributed by atoms with E-state index >= 15 is 0 Å². The van der Waals surface area contributed by atoms with Crippen molar-refractivity contribution in [2.75, 3.05) is 13.1 Å². The minimum absolute atomic E-state index is 0.00140. The first-order chi connectivity index (χ1) is 12.2. The molecule has 6 nitrogen and oxygen atoms in total. The molecule has 0 atom stereocenters. The second-order valence-corrected chi connectivity index (χ2v) is 6.80. The molecule has 0 bridgehead atoms. The van der Waals surface area contributed by atoms with Crippen LogP contribution in [0.3, 0.4) is 0 Å². The van der Waals surface area contributed by atoms with Crippen molar-refractivity contribution in [1.29, 1.82) is 0 Å². The highest BCUT2D eigenvalue weighted by Crippen LogP contribution is 2.20. The van der Waals surface area contributed by atoms with E-state index in [9.17, 15) is 9.59 Å². The van der Waals surface area contributed by atoms with Crippen LogP contribution in [-0.2, 0) is 19.4 Å². The SMILES string of the molecule is O=C(NC1CC1)N1CCc2ccc(=O)n(Cc3cccnc3)c2CC1. The number of carbonyl (C=O) groups is 1. The molecule has 1 N–H and O–H groups in total. The average Bonchev–Trinajstić information content (AvgIpc) is 3.44. The van der Waals surface area contributed by atoms with Gasteiger partial charge in [-0.05, 0) is 36.5 Å². The topological polar surface area (TPSA) is 67.2 Å². The molecule has 0 aromatic carbocycles. The number of pyridine rings is 2. The third-order valence-corrected chi connectivity index (χ3v) is 4.91. The molecule has 2 aliphatic rings. The lowest BCUT2D eigenvalue weighted by atomic mass is 10.1. The molecule has 2 amide bonds. The number of urea groups is 1. The lowest BCUT2D eigenvalue weighted by molar-refractivity contribution is 0.199. The van der Waals surface area contributed by atoms with Gasteiger partial charge in [0.25, 0.3) is 5.56 Å². The predicted octanol–water partition coefficient (Wildman–Crippen LogP) is 1.56. The van der Waals surface area contributed by atoms with E-state index in [1.54, 1.807) is 18.5 Å². The zero-order chi connectivity index (χ0) is 17.2. The summed E-state index contributed by atoms with van der Waals surface area (Å²) in [7, 11) is 0. The van der Waals surface area contributed by atoms with Crippen LogP contribution in [0.25, 0.3) is 0 Å². The molecule has 1 aliphatic heterocycles. The van der Waals surface area contributed by atoms with Crippen LogP contribution in [0.4, 0.5) is 4.79 Å². The zero-order valence-electron chi connectivity index (χ0n) is 14.1. The molecule has 25 heavy (non-hydrogen) atoms. The van der Waals surface area contributed by atoms with Crippen LogP contribution >= 0.6 is 0 Å². The van der Waals surface area contributed by atoms with Crippen molar-refractivity contribution in [3.8, 4) is 0 Å². The number of hydrogen-bond acceptors (Lipinski definition) is 3. The van der Waals surface area contributed by atoms with Crippen molar-refractivity contribution < 1.29 is 4.79 Å². The van der Waals surface area contributed by atoms with Gasteiger partial charge in [0, 0.05) is 49.7 Å². The van der Waals surface area contributed by atoms with Gasteiger partial charge in [-0.15, -0.1) is 0 Å². The number of amides is 2. The smallest absolute Gasteiger partial charge is 0.317 e. The average molecular weight is 338 g/mol. The minimum atomic E-state index is -0.00140. The Morgan fingerprint density at radius 1 is 1.20 bits per heavy atom. The third kappa shape index (κ3) is 3.57. The van der Waals surface area contributed by atoms with E-state index in [1.165, 1.54) is 0 Å². The van der Waals surface area contributed by atoms with Gasteiger partial charge in [-0.3, -0.25) is 9.78 Å². The predicted molar refractivity (Wildman–Crippen MR) is 94.6 cm³/mol. The molecule has 130 valence electrons. The van der Waals surface area contributed by atoms with Crippen molar-refractivity contribution in [2.45, 2.75) is 38.3 Å². The highest BCUT2D eigenvalue weighted by atomic mass is 16.2. The molecule has 0 radical (unpaired) electrons. The Kier molecular flexibility index (Phi) is 4.26. The van der Waals surface area contributed by atoms with Gasteiger partial charge in [0.15, 0.2) is 0 Å². The van der Waals surface area contributed by atoms with E-state index in [0.29, 0.717) is 32.1 Å². The van der Waals surface area contributed by atoms with Crippen LogP contribution in [0, 0.1) is 0 Å². The van der Waals surface area contributed by atoms with Crippen molar-refractivity contribution >= 4 is 6.03 Å². The molecule has 2 aromatic rings. The van der Waals surface area contributed by atoms with Crippen molar-refractivity contribution in [3.63, 3.8) is 0 Å². The van der Waals surface area contributed by atoms with E-state index in [-0.39, 0.29) is 11.6 Å². The van der Waals surface area contributed by atoms with Crippen molar-refractivity contribution in [3.05, 3.63) is 63.8 Å². The molecule has 0 saturated heterocycles. The molecule has 3 heterocycles. The van der Waals surface area contributed by atoms with E-state index < -0.39 is 0 Å². The highest BCUT2D eigenvalue weighted by Gasteiger charge is 2.27. The normalized spacial score (nSPS) is 16.9. The quantitative estimate of drug-likeness (QED) is 0.924. The fraction of sp³-hybridized carbons (Fsp3) is 0.421. The first-order valence-corrected chi connectivity index (χ1v) is 8.86. The summed E-state index contributed by atoms with van der Waals surface area (Å²) in [6, 6.07) is 7.80. The van der Waals surface area contributed by atoms with Gasteiger partial charge in [0.1, 0.15) is 0 Å². The maximum Gasteiger partial charge on any atom is 0.317 e. The summed E-state index contributed by atoms with van der Waals surface area (Å²) < 4.78 is 1.83. The number of fused-ring (bicyclic) bond motifs is 1. The highest BCUT2D eigenvalue weighted by molar-refractivity contribution is 5.75. The summed E-state index contributed by atoms with van der Waals surface area (Å²) in [5.74, 6) is 0. The summed E-state index contributed by atoms with van der Waals surface area (Å²) in [5, 5.41) is 3.05. The Morgan fingerprint density at radius 2 is 2.04 bits per heavy atom. The van der Waals surface area contributed by atoms with E-state index in [4.69, 9.17) is 0 Å². The van der Waals surface area contributed by atoms with E-state index in [1.807, 2.05) is 27.7 Å². The van der Waals surface area contributed by atoms with Crippen LogP contribution < -0.4 is 10.9 Å². The molecule has 2 aromatic heterocycles. The lowest BCUT2D eigenvalue weighted by Crippen LogP contribution is -2.42. The first kappa shape index (κ1) is 15.9. The molecular weight excluding hydrogens is 316 g/mol. The number of aromatic nitrogens is 2. The number of carbonyl (C=O) groups excluding carboxylic acids is 1. The molecule has 6 heteroatoms. The van der Waals surface area contributed by atoms with Crippen molar-refractivity contribution in [2.24, 2.45) is 0 Å². The Bertz CT molecular complexity index is 827. The molecule has 1 aliphatic carbocycles. The number of nitrogens with zero attached hydrogens (tertiary/aromatic N) is 3. The van der Waals surface area contributed by atoms with Crippen LogP contribution in [0.1, 0.15) is 29.7 Å². The second kappa shape index (κ2) is 6.70. The van der Waals surface area contributed by atoms with Gasteiger partial charge < -0.3 is 14.8 Å². The zero-order valence-corrected chi connectivity index (χ0v) is 14.1. The Balaban J connectivity index is 1.56. The fourth-order valence-electron chi connectivity index (χ4n) is 3.34. The van der Waals surface area contributed by atoms with Crippen LogP contribution in [0.5, 0.6) is 0 Å². The third-order valence-electron chi connectivity index (χ3n) is 4.91. The summed E-state index contributed by atoms with van der Waals surface area (Å²) in [6.07, 6.45) is 7.17. The molecule has 1 saturated carbocycles. The first-order valence-electron chi connectivity index (χ1n) is 8.86. The molecule has 1 fully saturated rings. The fourth-order valence-corrected chi connectivity index (χ4v) is 3.34. The van der Waals surface area contributed by atoms with E-state index in [2.05, 4.69) is 10.3 Å². The lowest BCUT2D eigenvalue weighted by Gasteiger charge is -2.20. The minimum Gasteiger partial charge on any atom is -0.335 e. The Labute approximate surface area is 146 Å². The summed E-state index contributed by atoms with van der Waals surface area (Å²) >= 11 is 0. The standard InChI is InChI=1S/C19H22N4O2/c24-18-6-3-15-7-10-22(19(25)21-16-4-5-16)11-8-17(15)23(18)13-14-2-1-9-20-12-14/h1-3,6,9,12,16H,4-5,7-8,10-11,13H2,(H,21,25).